The van der Waals surface area contributed by atoms with Crippen LogP contribution in [0.15, 0.2) is 71.6 Å². The van der Waals surface area contributed by atoms with E-state index < -0.39 is 10.0 Å². The molecule has 1 N–H and O–H groups in total. The maximum atomic E-state index is 12.5. The van der Waals surface area contributed by atoms with Crippen molar-refractivity contribution in [1.29, 1.82) is 0 Å². The molecule has 0 spiro atoms. The van der Waals surface area contributed by atoms with E-state index in [2.05, 4.69) is 5.32 Å². The normalized spacial score (nSPS) is 14.4. The maximum absolute atomic E-state index is 12.5. The third-order valence-corrected chi connectivity index (χ3v) is 7.24. The van der Waals surface area contributed by atoms with Crippen molar-refractivity contribution < 1.29 is 22.7 Å². The largest absolute Gasteiger partial charge is 0.492 e. The van der Waals surface area contributed by atoms with Gasteiger partial charge in [0.05, 0.1) is 11.4 Å². The smallest absolute Gasteiger partial charge is 0.258 e. The molecular formula is C24H26N2O5S. The average Bonchev–Trinajstić information content (AvgIpc) is 3.37. The number of benzene rings is 3. The summed E-state index contributed by atoms with van der Waals surface area (Å²) in [5.41, 5.74) is 0. The Labute approximate surface area is 188 Å². The fourth-order valence-electron chi connectivity index (χ4n) is 3.66. The summed E-state index contributed by atoms with van der Waals surface area (Å²) in [7, 11) is -3.43. The predicted molar refractivity (Wildman–Crippen MR) is 122 cm³/mol. The van der Waals surface area contributed by atoms with Crippen molar-refractivity contribution in [3.63, 3.8) is 0 Å². The van der Waals surface area contributed by atoms with Crippen LogP contribution in [0.3, 0.4) is 0 Å². The van der Waals surface area contributed by atoms with Crippen molar-refractivity contribution in [2.75, 3.05) is 32.8 Å². The Morgan fingerprint density at radius 1 is 0.906 bits per heavy atom. The van der Waals surface area contributed by atoms with Crippen molar-refractivity contribution in [3.8, 4) is 11.5 Å². The lowest BCUT2D eigenvalue weighted by Crippen LogP contribution is -2.32. The molecule has 0 bridgehead atoms. The fourth-order valence-corrected chi connectivity index (χ4v) is 5.18. The summed E-state index contributed by atoms with van der Waals surface area (Å²) < 4.78 is 37.9. The molecule has 0 unspecified atom stereocenters. The number of hydrogen-bond acceptors (Lipinski definition) is 5. The summed E-state index contributed by atoms with van der Waals surface area (Å²) in [6.45, 7) is 1.63. The van der Waals surface area contributed by atoms with Crippen LogP contribution in [0.5, 0.6) is 11.5 Å². The molecule has 32 heavy (non-hydrogen) atoms. The number of nitrogens with zero attached hydrogens (tertiary/aromatic N) is 1. The highest BCUT2D eigenvalue weighted by Gasteiger charge is 2.26. The first-order valence-electron chi connectivity index (χ1n) is 10.6. The highest BCUT2D eigenvalue weighted by atomic mass is 32.2. The van der Waals surface area contributed by atoms with E-state index in [0.29, 0.717) is 31.1 Å². The number of nitrogens with one attached hydrogen (secondary N) is 1. The first kappa shape index (κ1) is 22.1. The number of sulfonamides is 1. The van der Waals surface area contributed by atoms with Gasteiger partial charge in [-0.3, -0.25) is 4.79 Å². The number of carbonyl (C=O) groups is 1. The minimum Gasteiger partial charge on any atom is -0.492 e. The minimum atomic E-state index is -3.43. The summed E-state index contributed by atoms with van der Waals surface area (Å²) in [4.78, 5) is 12.4. The summed E-state index contributed by atoms with van der Waals surface area (Å²) in [5, 5.41) is 4.77. The maximum Gasteiger partial charge on any atom is 0.258 e. The fraction of sp³-hybridized carbons (Fsp3) is 0.292. The number of ether oxygens (including phenoxy) is 2. The Hall–Kier alpha value is -3.10. The zero-order chi connectivity index (χ0) is 22.4. The van der Waals surface area contributed by atoms with Crippen molar-refractivity contribution >= 4 is 26.7 Å². The molecule has 168 valence electrons. The number of rotatable bonds is 9. The van der Waals surface area contributed by atoms with E-state index in [9.17, 15) is 13.2 Å². The van der Waals surface area contributed by atoms with E-state index in [-0.39, 0.29) is 24.0 Å². The Morgan fingerprint density at radius 2 is 1.62 bits per heavy atom. The average molecular weight is 455 g/mol. The van der Waals surface area contributed by atoms with Gasteiger partial charge in [-0.2, -0.15) is 4.31 Å². The van der Waals surface area contributed by atoms with Gasteiger partial charge in [-0.1, -0.05) is 36.4 Å². The SMILES string of the molecule is O=C(COc1cccc2ccccc12)NCCOc1ccc(S(=O)(=O)N2CCCC2)cc1. The second-order valence-corrected chi connectivity index (χ2v) is 9.48. The van der Waals surface area contributed by atoms with Gasteiger partial charge in [-0.05, 0) is 48.6 Å². The van der Waals surface area contributed by atoms with Gasteiger partial charge < -0.3 is 14.8 Å². The van der Waals surface area contributed by atoms with Gasteiger partial charge in [-0.15, -0.1) is 0 Å². The molecule has 0 saturated carbocycles. The zero-order valence-corrected chi connectivity index (χ0v) is 18.5. The van der Waals surface area contributed by atoms with E-state index in [1.54, 1.807) is 24.3 Å². The van der Waals surface area contributed by atoms with Crippen LogP contribution in [0.1, 0.15) is 12.8 Å². The standard InChI is InChI=1S/C24H26N2O5S/c27-24(18-31-23-9-5-7-19-6-1-2-8-22(19)23)25-14-17-30-20-10-12-21(13-11-20)32(28,29)26-15-3-4-16-26/h1-2,5-13H,3-4,14-18H2,(H,25,27). The Bertz CT molecular complexity index is 1170. The molecule has 1 saturated heterocycles. The van der Waals surface area contributed by atoms with Crippen LogP contribution in [0, 0.1) is 0 Å². The molecule has 3 aromatic rings. The molecule has 0 radical (unpaired) electrons. The second-order valence-electron chi connectivity index (χ2n) is 7.55. The molecule has 1 heterocycles. The molecule has 0 aliphatic carbocycles. The first-order chi connectivity index (χ1) is 15.5. The predicted octanol–water partition coefficient (Wildman–Crippen LogP) is 3.20. The van der Waals surface area contributed by atoms with E-state index in [0.717, 1.165) is 23.6 Å². The van der Waals surface area contributed by atoms with E-state index in [1.165, 1.54) is 4.31 Å². The molecule has 0 aromatic heterocycles. The van der Waals surface area contributed by atoms with Crippen molar-refractivity contribution in [2.45, 2.75) is 17.7 Å². The molecule has 8 heteroatoms. The molecule has 1 aliphatic heterocycles. The third-order valence-electron chi connectivity index (χ3n) is 5.33. The van der Waals surface area contributed by atoms with Gasteiger partial charge in [0.25, 0.3) is 5.91 Å². The van der Waals surface area contributed by atoms with Crippen LogP contribution in [0.4, 0.5) is 0 Å². The van der Waals surface area contributed by atoms with Crippen LogP contribution in [0.25, 0.3) is 10.8 Å². The van der Waals surface area contributed by atoms with Crippen molar-refractivity contribution in [3.05, 3.63) is 66.7 Å². The molecule has 7 nitrogen and oxygen atoms in total. The molecule has 1 aliphatic rings. The summed E-state index contributed by atoms with van der Waals surface area (Å²) in [6, 6.07) is 19.9. The van der Waals surface area contributed by atoms with Crippen LogP contribution in [-0.2, 0) is 14.8 Å². The van der Waals surface area contributed by atoms with Crippen LogP contribution in [-0.4, -0.2) is 51.5 Å². The lowest BCUT2D eigenvalue weighted by molar-refractivity contribution is -0.123. The highest BCUT2D eigenvalue weighted by molar-refractivity contribution is 7.89. The lowest BCUT2D eigenvalue weighted by atomic mass is 10.1. The van der Waals surface area contributed by atoms with Crippen LogP contribution in [0.2, 0.25) is 0 Å². The second kappa shape index (κ2) is 10.0. The highest BCUT2D eigenvalue weighted by Crippen LogP contribution is 2.25. The van der Waals surface area contributed by atoms with Gasteiger partial charge in [-0.25, -0.2) is 8.42 Å². The Kier molecular flexibility index (Phi) is 6.92. The van der Waals surface area contributed by atoms with Gasteiger partial charge in [0, 0.05) is 18.5 Å². The molecule has 0 atom stereocenters. The summed E-state index contributed by atoms with van der Waals surface area (Å²) in [5.74, 6) is 0.971. The van der Waals surface area contributed by atoms with Gasteiger partial charge in [0.2, 0.25) is 10.0 Å². The number of fused-ring (bicyclic) bond motifs is 1. The van der Waals surface area contributed by atoms with Crippen molar-refractivity contribution in [2.24, 2.45) is 0 Å². The van der Waals surface area contributed by atoms with Crippen LogP contribution < -0.4 is 14.8 Å². The molecular weight excluding hydrogens is 428 g/mol. The van der Waals surface area contributed by atoms with Gasteiger partial charge in [0.1, 0.15) is 18.1 Å². The molecule has 3 aromatic carbocycles. The lowest BCUT2D eigenvalue weighted by Gasteiger charge is -2.15. The first-order valence-corrected chi connectivity index (χ1v) is 12.1. The van der Waals surface area contributed by atoms with Gasteiger partial charge in [0.15, 0.2) is 6.61 Å². The van der Waals surface area contributed by atoms with Crippen molar-refractivity contribution in [1.82, 2.24) is 9.62 Å². The molecule has 1 amide bonds. The Morgan fingerprint density at radius 3 is 2.41 bits per heavy atom. The van der Waals surface area contributed by atoms with E-state index in [1.807, 2.05) is 42.5 Å². The zero-order valence-electron chi connectivity index (χ0n) is 17.7. The Balaban J connectivity index is 1.21. The summed E-state index contributed by atoms with van der Waals surface area (Å²) in [6.07, 6.45) is 1.80. The number of carbonyl (C=O) groups excluding carboxylic acids is 1. The number of hydrogen-bond donors (Lipinski definition) is 1. The molecule has 1 fully saturated rings. The quantitative estimate of drug-likeness (QED) is 0.502. The number of amides is 1. The van der Waals surface area contributed by atoms with E-state index in [4.69, 9.17) is 9.47 Å². The van der Waals surface area contributed by atoms with Gasteiger partial charge >= 0.3 is 0 Å². The molecule has 4 rings (SSSR count). The van der Waals surface area contributed by atoms with E-state index >= 15 is 0 Å². The topological polar surface area (TPSA) is 84.9 Å². The third kappa shape index (κ3) is 5.20. The van der Waals surface area contributed by atoms with Crippen LogP contribution >= 0.6 is 0 Å². The monoisotopic (exact) mass is 454 g/mol. The summed E-state index contributed by atoms with van der Waals surface area (Å²) >= 11 is 0. The minimum absolute atomic E-state index is 0.0862.